The predicted molar refractivity (Wildman–Crippen MR) is 66.4 cm³/mol. The molecule has 1 unspecified atom stereocenters. The molecule has 94 valence electrons. The molecule has 4 heteroatoms. The number of nitrogens with zero attached hydrogens (tertiary/aromatic N) is 2. The van der Waals surface area contributed by atoms with Crippen LogP contribution in [0.2, 0.25) is 0 Å². The Morgan fingerprint density at radius 3 is 2.82 bits per heavy atom. The lowest BCUT2D eigenvalue weighted by molar-refractivity contribution is -0.135. The van der Waals surface area contributed by atoms with E-state index in [1.54, 1.807) is 18.1 Å². The molecule has 1 N–H and O–H groups in total. The summed E-state index contributed by atoms with van der Waals surface area (Å²) in [5.74, 6) is -0.269. The van der Waals surface area contributed by atoms with Gasteiger partial charge in [-0.15, -0.1) is 0 Å². The largest absolute Gasteiger partial charge is 0.396 e. The van der Waals surface area contributed by atoms with Crippen LogP contribution in [0.1, 0.15) is 19.0 Å². The van der Waals surface area contributed by atoms with Crippen LogP contribution in [-0.4, -0.2) is 41.1 Å². The second-order valence-corrected chi connectivity index (χ2v) is 4.12. The van der Waals surface area contributed by atoms with Crippen LogP contribution in [-0.2, 0) is 11.2 Å². The molecule has 1 aromatic rings. The number of carbonyl (C=O) groups excluding carboxylic acids is 1. The number of aliphatic hydroxyl groups is 1. The standard InChI is InChI=1S/C13H20N2O2/c1-3-11(10-16)13(17)15(2)9-7-12-6-4-5-8-14-12/h4-6,8,11,16H,3,7,9-10H2,1-2H3. The topological polar surface area (TPSA) is 53.4 Å². The molecule has 0 fully saturated rings. The average molecular weight is 236 g/mol. The van der Waals surface area contributed by atoms with Gasteiger partial charge in [-0.1, -0.05) is 13.0 Å². The smallest absolute Gasteiger partial charge is 0.227 e. The Morgan fingerprint density at radius 2 is 2.29 bits per heavy atom. The first-order valence-electron chi connectivity index (χ1n) is 5.94. The highest BCUT2D eigenvalue weighted by Crippen LogP contribution is 2.06. The van der Waals surface area contributed by atoms with Gasteiger partial charge in [-0.3, -0.25) is 9.78 Å². The molecule has 0 aliphatic rings. The van der Waals surface area contributed by atoms with Gasteiger partial charge in [0.15, 0.2) is 0 Å². The Morgan fingerprint density at radius 1 is 1.53 bits per heavy atom. The molecular weight excluding hydrogens is 216 g/mol. The van der Waals surface area contributed by atoms with E-state index in [9.17, 15) is 4.79 Å². The van der Waals surface area contributed by atoms with Crippen LogP contribution in [0, 0.1) is 5.92 Å². The van der Waals surface area contributed by atoms with Crippen molar-refractivity contribution in [3.63, 3.8) is 0 Å². The number of aliphatic hydroxyl groups excluding tert-OH is 1. The molecular formula is C13H20N2O2. The van der Waals surface area contributed by atoms with E-state index < -0.39 is 0 Å². The third-order valence-electron chi connectivity index (χ3n) is 2.87. The lowest BCUT2D eigenvalue weighted by Crippen LogP contribution is -2.35. The van der Waals surface area contributed by atoms with Crippen LogP contribution in [0.15, 0.2) is 24.4 Å². The van der Waals surface area contributed by atoms with Crippen molar-refractivity contribution in [1.29, 1.82) is 0 Å². The fraction of sp³-hybridized carbons (Fsp3) is 0.538. The molecule has 1 heterocycles. The molecule has 0 aromatic carbocycles. The molecule has 0 radical (unpaired) electrons. The van der Waals surface area contributed by atoms with Gasteiger partial charge >= 0.3 is 0 Å². The van der Waals surface area contributed by atoms with E-state index in [0.29, 0.717) is 13.0 Å². The van der Waals surface area contributed by atoms with E-state index in [0.717, 1.165) is 12.1 Å². The number of hydrogen-bond donors (Lipinski definition) is 1. The third kappa shape index (κ3) is 4.15. The Bertz CT molecular complexity index is 337. The number of aromatic nitrogens is 1. The van der Waals surface area contributed by atoms with E-state index in [4.69, 9.17) is 5.11 Å². The van der Waals surface area contributed by atoms with E-state index in [1.165, 1.54) is 0 Å². The molecule has 0 saturated carbocycles. The zero-order chi connectivity index (χ0) is 12.7. The second kappa shape index (κ2) is 7.01. The Balaban J connectivity index is 2.44. The molecule has 0 saturated heterocycles. The minimum Gasteiger partial charge on any atom is -0.396 e. The van der Waals surface area contributed by atoms with Crippen LogP contribution < -0.4 is 0 Å². The second-order valence-electron chi connectivity index (χ2n) is 4.12. The number of pyridine rings is 1. The number of rotatable bonds is 6. The molecule has 0 bridgehead atoms. The van der Waals surface area contributed by atoms with Crippen LogP contribution in [0.3, 0.4) is 0 Å². The van der Waals surface area contributed by atoms with Gasteiger partial charge in [-0.2, -0.15) is 0 Å². The fourth-order valence-electron chi connectivity index (χ4n) is 1.63. The highest BCUT2D eigenvalue weighted by molar-refractivity contribution is 5.78. The minimum absolute atomic E-state index is 0.00549. The highest BCUT2D eigenvalue weighted by atomic mass is 16.3. The molecule has 1 rings (SSSR count). The Labute approximate surface area is 102 Å². The SMILES string of the molecule is CCC(CO)C(=O)N(C)CCc1ccccn1. The summed E-state index contributed by atoms with van der Waals surface area (Å²) < 4.78 is 0. The average Bonchev–Trinajstić information content (AvgIpc) is 2.38. The Hall–Kier alpha value is -1.42. The zero-order valence-corrected chi connectivity index (χ0v) is 10.5. The molecule has 0 aliphatic carbocycles. The van der Waals surface area contributed by atoms with Crippen molar-refractivity contribution in [2.45, 2.75) is 19.8 Å². The van der Waals surface area contributed by atoms with E-state index in [-0.39, 0.29) is 18.4 Å². The molecule has 1 amide bonds. The third-order valence-corrected chi connectivity index (χ3v) is 2.87. The van der Waals surface area contributed by atoms with Crippen molar-refractivity contribution < 1.29 is 9.90 Å². The van der Waals surface area contributed by atoms with Crippen molar-refractivity contribution in [1.82, 2.24) is 9.88 Å². The van der Waals surface area contributed by atoms with Crippen LogP contribution in [0.5, 0.6) is 0 Å². The summed E-state index contributed by atoms with van der Waals surface area (Å²) in [6.07, 6.45) is 3.16. The van der Waals surface area contributed by atoms with Crippen molar-refractivity contribution in [2.75, 3.05) is 20.2 Å². The van der Waals surface area contributed by atoms with Crippen LogP contribution in [0.25, 0.3) is 0 Å². The quantitative estimate of drug-likeness (QED) is 0.804. The lowest BCUT2D eigenvalue weighted by atomic mass is 10.1. The normalized spacial score (nSPS) is 12.2. The van der Waals surface area contributed by atoms with Gasteiger partial charge in [0.1, 0.15) is 0 Å². The maximum atomic E-state index is 11.9. The molecule has 17 heavy (non-hydrogen) atoms. The monoisotopic (exact) mass is 236 g/mol. The minimum atomic E-state index is -0.274. The maximum Gasteiger partial charge on any atom is 0.227 e. The summed E-state index contributed by atoms with van der Waals surface area (Å²) in [4.78, 5) is 17.7. The van der Waals surface area contributed by atoms with E-state index in [2.05, 4.69) is 4.98 Å². The number of carbonyl (C=O) groups is 1. The van der Waals surface area contributed by atoms with Crippen molar-refractivity contribution >= 4 is 5.91 Å². The Kier molecular flexibility index (Phi) is 5.63. The summed E-state index contributed by atoms with van der Waals surface area (Å²) in [5, 5.41) is 9.07. The van der Waals surface area contributed by atoms with Crippen molar-refractivity contribution in [3.8, 4) is 0 Å². The summed E-state index contributed by atoms with van der Waals surface area (Å²) in [5.41, 5.74) is 0.976. The summed E-state index contributed by atoms with van der Waals surface area (Å²) in [6.45, 7) is 2.46. The van der Waals surface area contributed by atoms with Gasteiger partial charge in [0.05, 0.1) is 12.5 Å². The van der Waals surface area contributed by atoms with Crippen LogP contribution in [0.4, 0.5) is 0 Å². The first kappa shape index (κ1) is 13.6. The number of amides is 1. The van der Waals surface area contributed by atoms with Crippen LogP contribution >= 0.6 is 0 Å². The fourth-order valence-corrected chi connectivity index (χ4v) is 1.63. The number of likely N-dealkylation sites (N-methyl/N-ethyl adjacent to an activating group) is 1. The highest BCUT2D eigenvalue weighted by Gasteiger charge is 2.19. The summed E-state index contributed by atoms with van der Waals surface area (Å²) >= 11 is 0. The lowest BCUT2D eigenvalue weighted by Gasteiger charge is -2.21. The number of hydrogen-bond acceptors (Lipinski definition) is 3. The zero-order valence-electron chi connectivity index (χ0n) is 10.5. The summed E-state index contributed by atoms with van der Waals surface area (Å²) in [6, 6.07) is 5.76. The first-order chi connectivity index (χ1) is 8.19. The first-order valence-corrected chi connectivity index (χ1v) is 5.94. The maximum absolute atomic E-state index is 11.9. The molecule has 1 atom stereocenters. The van der Waals surface area contributed by atoms with Gasteiger partial charge in [0.25, 0.3) is 0 Å². The van der Waals surface area contributed by atoms with Gasteiger partial charge in [0, 0.05) is 31.9 Å². The molecule has 0 aliphatic heterocycles. The van der Waals surface area contributed by atoms with Crippen molar-refractivity contribution in [3.05, 3.63) is 30.1 Å². The van der Waals surface area contributed by atoms with Gasteiger partial charge in [-0.25, -0.2) is 0 Å². The van der Waals surface area contributed by atoms with Gasteiger partial charge in [0.2, 0.25) is 5.91 Å². The van der Waals surface area contributed by atoms with Gasteiger partial charge < -0.3 is 10.0 Å². The molecule has 1 aromatic heterocycles. The van der Waals surface area contributed by atoms with Gasteiger partial charge in [-0.05, 0) is 18.6 Å². The molecule has 0 spiro atoms. The van der Waals surface area contributed by atoms with Crippen molar-refractivity contribution in [2.24, 2.45) is 5.92 Å². The van der Waals surface area contributed by atoms with E-state index >= 15 is 0 Å². The molecule has 4 nitrogen and oxygen atoms in total. The van der Waals surface area contributed by atoms with E-state index in [1.807, 2.05) is 25.1 Å². The predicted octanol–water partition coefficient (Wildman–Crippen LogP) is 1.10. The summed E-state index contributed by atoms with van der Waals surface area (Å²) in [7, 11) is 1.77.